The molecule has 1 N–H and O–H groups in total. The molecule has 2 aliphatic rings. The molecule has 3 aromatic rings. The number of aromatic amines is 1. The van der Waals surface area contributed by atoms with E-state index < -0.39 is 29.5 Å². The quantitative estimate of drug-likeness (QED) is 0.359. The second-order valence-corrected chi connectivity index (χ2v) is 12.2. The summed E-state index contributed by atoms with van der Waals surface area (Å²) in [5, 5.41) is 0. The molecule has 2 aliphatic heterocycles. The van der Waals surface area contributed by atoms with Gasteiger partial charge in [0, 0.05) is 42.9 Å². The number of likely N-dealkylation sites (tertiary alicyclic amines) is 1. The lowest BCUT2D eigenvalue weighted by Crippen LogP contribution is -2.37. The number of carbonyl (C=O) groups is 2. The smallest absolute Gasteiger partial charge is 0.449 e. The van der Waals surface area contributed by atoms with Crippen LogP contribution in [0.5, 0.6) is 5.75 Å². The lowest BCUT2D eigenvalue weighted by molar-refractivity contribution is -0.146. The number of ether oxygens (including phenoxy) is 2. The molecular weight excluding hydrogens is 563 g/mol. The maximum Gasteiger partial charge on any atom is 0.449 e. The van der Waals surface area contributed by atoms with E-state index in [0.717, 1.165) is 24.2 Å². The molecule has 4 heterocycles. The van der Waals surface area contributed by atoms with Crippen LogP contribution in [0.1, 0.15) is 74.4 Å². The standard InChI is InChI=1S/C31H38F3N5O4/c1-19(2)43-28(41)22-17-39(27(40)20-9-11-21(12-10-20)42-16-15-38-13-7-6-8-14-38)18-30(3,4)23-24(22)35-26-25(23)37(5)29(36-26)31(32,33)34/h9-12,17,19,35H,6-8,13-16,18H2,1-5H3. The van der Waals surface area contributed by atoms with E-state index in [4.69, 9.17) is 9.47 Å². The fraction of sp³-hybridized carbons (Fsp3) is 0.516. The third-order valence-corrected chi connectivity index (χ3v) is 7.93. The molecule has 0 atom stereocenters. The first-order valence-corrected chi connectivity index (χ1v) is 14.6. The van der Waals surface area contributed by atoms with Crippen molar-refractivity contribution in [1.29, 1.82) is 0 Å². The highest BCUT2D eigenvalue weighted by Gasteiger charge is 2.42. The van der Waals surface area contributed by atoms with Gasteiger partial charge in [0.25, 0.3) is 5.91 Å². The molecule has 0 bridgehead atoms. The van der Waals surface area contributed by atoms with Gasteiger partial charge in [-0.1, -0.05) is 20.3 Å². The minimum absolute atomic E-state index is 0.00630. The molecule has 9 nitrogen and oxygen atoms in total. The fourth-order valence-electron chi connectivity index (χ4n) is 5.95. The predicted molar refractivity (Wildman–Crippen MR) is 156 cm³/mol. The zero-order valence-corrected chi connectivity index (χ0v) is 25.2. The molecule has 1 saturated heterocycles. The third-order valence-electron chi connectivity index (χ3n) is 7.93. The molecule has 0 radical (unpaired) electrons. The van der Waals surface area contributed by atoms with Crippen LogP contribution in [-0.2, 0) is 28.2 Å². The van der Waals surface area contributed by atoms with Crippen LogP contribution in [0.3, 0.4) is 0 Å². The molecular formula is C31H38F3N5O4. The second-order valence-electron chi connectivity index (χ2n) is 12.2. The van der Waals surface area contributed by atoms with E-state index in [1.165, 1.54) is 37.4 Å². The van der Waals surface area contributed by atoms with Gasteiger partial charge in [0.15, 0.2) is 5.65 Å². The van der Waals surface area contributed by atoms with Gasteiger partial charge in [-0.15, -0.1) is 0 Å². The minimum Gasteiger partial charge on any atom is -0.492 e. The number of hydrogen-bond donors (Lipinski definition) is 1. The number of esters is 1. The summed E-state index contributed by atoms with van der Waals surface area (Å²) >= 11 is 0. The number of aromatic nitrogens is 3. The van der Waals surface area contributed by atoms with E-state index in [-0.39, 0.29) is 34.9 Å². The van der Waals surface area contributed by atoms with Gasteiger partial charge in [-0.3, -0.25) is 9.69 Å². The number of nitrogens with one attached hydrogen (secondary N) is 1. The Morgan fingerprint density at radius 2 is 1.77 bits per heavy atom. The van der Waals surface area contributed by atoms with E-state index in [0.29, 0.717) is 23.5 Å². The Morgan fingerprint density at radius 1 is 1.09 bits per heavy atom. The molecule has 5 rings (SSSR count). The number of piperidine rings is 1. The number of hydrogen-bond acceptors (Lipinski definition) is 6. The zero-order chi connectivity index (χ0) is 31.1. The van der Waals surface area contributed by atoms with Crippen molar-refractivity contribution < 1.29 is 32.2 Å². The number of amides is 1. The molecule has 12 heteroatoms. The Balaban J connectivity index is 1.45. The number of fused-ring (bicyclic) bond motifs is 3. The number of imidazole rings is 1. The van der Waals surface area contributed by atoms with Crippen molar-refractivity contribution in [2.75, 3.05) is 32.8 Å². The van der Waals surface area contributed by atoms with Crippen molar-refractivity contribution in [2.45, 2.75) is 64.7 Å². The second kappa shape index (κ2) is 11.7. The summed E-state index contributed by atoms with van der Waals surface area (Å²) in [5.41, 5.74) is 0.489. The van der Waals surface area contributed by atoms with Crippen LogP contribution in [0.15, 0.2) is 30.5 Å². The molecule has 43 heavy (non-hydrogen) atoms. The Bertz CT molecular complexity index is 1530. The normalized spacial score (nSPS) is 17.5. The highest BCUT2D eigenvalue weighted by Crippen LogP contribution is 2.42. The largest absolute Gasteiger partial charge is 0.492 e. The van der Waals surface area contributed by atoms with E-state index in [2.05, 4.69) is 14.9 Å². The Morgan fingerprint density at radius 3 is 2.40 bits per heavy atom. The first-order chi connectivity index (χ1) is 20.3. The van der Waals surface area contributed by atoms with Gasteiger partial charge in [-0.25, -0.2) is 9.78 Å². The Hall–Kier alpha value is -3.80. The molecule has 1 amide bonds. The maximum absolute atomic E-state index is 13.8. The van der Waals surface area contributed by atoms with Crippen molar-refractivity contribution in [3.8, 4) is 5.75 Å². The SMILES string of the molecule is CC(C)OC(=O)C1=CN(C(=O)c2ccc(OCCN3CCCCC3)cc2)CC(C)(C)c2c1[nH]c1nc(C(F)(F)F)n(C)c21. The number of nitrogens with zero attached hydrogens (tertiary/aromatic N) is 4. The van der Waals surface area contributed by atoms with E-state index >= 15 is 0 Å². The van der Waals surface area contributed by atoms with Crippen LogP contribution in [0.2, 0.25) is 0 Å². The summed E-state index contributed by atoms with van der Waals surface area (Å²) in [4.78, 5) is 37.7. The average molecular weight is 602 g/mol. The minimum atomic E-state index is -4.67. The summed E-state index contributed by atoms with van der Waals surface area (Å²) in [7, 11) is 1.29. The van der Waals surface area contributed by atoms with Crippen LogP contribution in [0, 0.1) is 0 Å². The number of H-pyrrole nitrogens is 1. The fourth-order valence-corrected chi connectivity index (χ4v) is 5.95. The number of halogens is 3. The van der Waals surface area contributed by atoms with Crippen LogP contribution in [0.25, 0.3) is 16.7 Å². The van der Waals surface area contributed by atoms with Gasteiger partial charge in [-0.2, -0.15) is 13.2 Å². The van der Waals surface area contributed by atoms with Gasteiger partial charge >= 0.3 is 12.1 Å². The van der Waals surface area contributed by atoms with Crippen LogP contribution in [0.4, 0.5) is 13.2 Å². The maximum atomic E-state index is 13.8. The van der Waals surface area contributed by atoms with E-state index in [9.17, 15) is 22.8 Å². The van der Waals surface area contributed by atoms with Gasteiger partial charge in [0.05, 0.1) is 22.9 Å². The molecule has 1 aromatic carbocycles. The van der Waals surface area contributed by atoms with E-state index in [1.54, 1.807) is 38.1 Å². The topological polar surface area (TPSA) is 92.7 Å². The molecule has 0 spiro atoms. The summed E-state index contributed by atoms with van der Waals surface area (Å²) in [6, 6.07) is 6.82. The Kier molecular flexibility index (Phi) is 8.34. The van der Waals surface area contributed by atoms with E-state index in [1.807, 2.05) is 13.8 Å². The summed E-state index contributed by atoms with van der Waals surface area (Å²) in [6.45, 7) is 10.7. The lowest BCUT2D eigenvalue weighted by atomic mass is 9.83. The van der Waals surface area contributed by atoms with Gasteiger partial charge in [0.2, 0.25) is 5.82 Å². The van der Waals surface area contributed by atoms with Crippen molar-refractivity contribution in [3.05, 3.63) is 53.1 Å². The molecule has 0 unspecified atom stereocenters. The van der Waals surface area contributed by atoms with Crippen LogP contribution in [-0.4, -0.2) is 75.1 Å². The van der Waals surface area contributed by atoms with Gasteiger partial charge < -0.3 is 23.9 Å². The summed E-state index contributed by atoms with van der Waals surface area (Å²) < 4.78 is 53.5. The number of rotatable bonds is 7. The number of carbonyl (C=O) groups excluding carboxylic acids is 2. The van der Waals surface area contributed by atoms with Crippen LogP contribution < -0.4 is 4.74 Å². The third kappa shape index (κ3) is 6.29. The van der Waals surface area contributed by atoms with Crippen molar-refractivity contribution >= 4 is 28.6 Å². The number of alkyl halides is 3. The first kappa shape index (κ1) is 30.7. The summed E-state index contributed by atoms with van der Waals surface area (Å²) in [5.74, 6) is -1.48. The highest BCUT2D eigenvalue weighted by molar-refractivity contribution is 6.18. The zero-order valence-electron chi connectivity index (χ0n) is 25.2. The van der Waals surface area contributed by atoms with Crippen molar-refractivity contribution in [1.82, 2.24) is 24.3 Å². The first-order valence-electron chi connectivity index (χ1n) is 14.6. The van der Waals surface area contributed by atoms with Gasteiger partial charge in [-0.05, 0) is 64.0 Å². The number of benzene rings is 1. The predicted octanol–water partition coefficient (Wildman–Crippen LogP) is 5.51. The molecule has 0 aliphatic carbocycles. The lowest BCUT2D eigenvalue weighted by Gasteiger charge is -2.29. The molecule has 0 saturated carbocycles. The average Bonchev–Trinajstić information content (AvgIpc) is 3.44. The number of aryl methyl sites for hydroxylation is 1. The molecule has 2 aromatic heterocycles. The Labute approximate surface area is 248 Å². The summed E-state index contributed by atoms with van der Waals surface area (Å²) in [6.07, 6.45) is -0.0151. The molecule has 1 fully saturated rings. The highest BCUT2D eigenvalue weighted by atomic mass is 19.4. The monoisotopic (exact) mass is 601 g/mol. The molecule has 232 valence electrons. The van der Waals surface area contributed by atoms with Crippen molar-refractivity contribution in [2.24, 2.45) is 7.05 Å². The van der Waals surface area contributed by atoms with Crippen molar-refractivity contribution in [3.63, 3.8) is 0 Å². The van der Waals surface area contributed by atoms with Gasteiger partial charge in [0.1, 0.15) is 12.4 Å². The van der Waals surface area contributed by atoms with Crippen LogP contribution >= 0.6 is 0 Å².